The number of nitrogens with zero attached hydrogens (tertiary/aromatic N) is 2. The number of carbonyl (C=O) groups excluding carboxylic acids is 1. The van der Waals surface area contributed by atoms with E-state index in [1.165, 1.54) is 36.4 Å². The molecule has 1 fully saturated rings. The van der Waals surface area contributed by atoms with Crippen molar-refractivity contribution in [3.8, 4) is 5.06 Å². The summed E-state index contributed by atoms with van der Waals surface area (Å²) in [5.41, 5.74) is 1.23. The molecule has 2 aliphatic rings. The minimum atomic E-state index is -0.0121. The molecule has 0 bridgehead atoms. The van der Waals surface area contributed by atoms with Crippen LogP contribution in [0.1, 0.15) is 29.7 Å². The van der Waals surface area contributed by atoms with Crippen LogP contribution in [-0.4, -0.2) is 68.9 Å². The van der Waals surface area contributed by atoms with Crippen LogP contribution >= 0.6 is 11.3 Å². The number of methoxy groups -OCH3 is 1. The summed E-state index contributed by atoms with van der Waals surface area (Å²) in [5.74, 6) is 0. The molecular formula is C18H29N3O3S. The highest BCUT2D eigenvalue weighted by molar-refractivity contribution is 7.14. The van der Waals surface area contributed by atoms with Crippen LogP contribution in [0.4, 0.5) is 4.79 Å². The lowest BCUT2D eigenvalue weighted by atomic mass is 10.1. The molecular weight excluding hydrogens is 338 g/mol. The Bertz CT molecular complexity index is 558. The Hall–Kier alpha value is -1.31. The molecule has 0 atom stereocenters. The van der Waals surface area contributed by atoms with Crippen molar-refractivity contribution in [1.29, 1.82) is 0 Å². The number of nitrogens with one attached hydrogen (secondary N) is 1. The van der Waals surface area contributed by atoms with Crippen molar-refractivity contribution in [3.63, 3.8) is 0 Å². The molecule has 0 saturated carbocycles. The number of rotatable bonds is 8. The number of thiophene rings is 1. The maximum Gasteiger partial charge on any atom is 0.317 e. The molecule has 1 aromatic heterocycles. The van der Waals surface area contributed by atoms with Crippen molar-refractivity contribution in [2.75, 3.05) is 53.0 Å². The van der Waals surface area contributed by atoms with Crippen LogP contribution in [0.3, 0.4) is 0 Å². The van der Waals surface area contributed by atoms with E-state index >= 15 is 0 Å². The van der Waals surface area contributed by atoms with E-state index in [2.05, 4.69) is 16.3 Å². The normalized spacial score (nSPS) is 17.6. The molecule has 1 saturated heterocycles. The number of urea groups is 1. The Balaban J connectivity index is 1.41. The van der Waals surface area contributed by atoms with Gasteiger partial charge in [-0.15, -0.1) is 11.3 Å². The lowest BCUT2D eigenvalue weighted by Crippen LogP contribution is -2.43. The molecule has 0 aromatic carbocycles. The van der Waals surface area contributed by atoms with Crippen molar-refractivity contribution >= 4 is 17.4 Å². The van der Waals surface area contributed by atoms with Crippen LogP contribution in [0.2, 0.25) is 0 Å². The summed E-state index contributed by atoms with van der Waals surface area (Å²) in [6.07, 6.45) is 4.67. The monoisotopic (exact) mass is 367 g/mol. The Morgan fingerprint density at radius 2 is 2.12 bits per heavy atom. The van der Waals surface area contributed by atoms with Gasteiger partial charge in [-0.2, -0.15) is 0 Å². The van der Waals surface area contributed by atoms with Gasteiger partial charge in [-0.1, -0.05) is 0 Å². The third kappa shape index (κ3) is 5.33. The predicted molar refractivity (Wildman–Crippen MR) is 99.5 cm³/mol. The summed E-state index contributed by atoms with van der Waals surface area (Å²) < 4.78 is 10.9. The predicted octanol–water partition coefficient (Wildman–Crippen LogP) is 2.33. The molecule has 3 rings (SSSR count). The molecule has 1 aromatic rings. The third-order valence-electron chi connectivity index (χ3n) is 4.78. The van der Waals surface area contributed by atoms with E-state index in [1.807, 2.05) is 4.90 Å². The fraction of sp³-hybridized carbons (Fsp3) is 0.722. The lowest BCUT2D eigenvalue weighted by molar-refractivity contribution is 0.176. The third-order valence-corrected chi connectivity index (χ3v) is 5.92. The highest BCUT2D eigenvalue weighted by atomic mass is 32.1. The summed E-state index contributed by atoms with van der Waals surface area (Å²) in [5, 5.41) is 3.88. The summed E-state index contributed by atoms with van der Waals surface area (Å²) in [7, 11) is 1.64. The average molecular weight is 368 g/mol. The molecule has 0 spiro atoms. The second-order valence-corrected chi connectivity index (χ2v) is 7.76. The molecule has 6 nitrogen and oxygen atoms in total. The van der Waals surface area contributed by atoms with Crippen LogP contribution in [-0.2, 0) is 17.7 Å². The van der Waals surface area contributed by atoms with Crippen molar-refractivity contribution in [1.82, 2.24) is 15.1 Å². The molecule has 0 radical (unpaired) electrons. The molecule has 2 aliphatic heterocycles. The van der Waals surface area contributed by atoms with Gasteiger partial charge >= 0.3 is 6.03 Å². The number of carbonyl (C=O) groups is 1. The molecule has 3 heterocycles. The van der Waals surface area contributed by atoms with Gasteiger partial charge in [0.15, 0.2) is 5.06 Å². The zero-order chi connectivity index (χ0) is 17.5. The number of likely N-dealkylation sites (tertiary alicyclic amines) is 1. The lowest BCUT2D eigenvalue weighted by Gasteiger charge is -2.26. The van der Waals surface area contributed by atoms with E-state index in [9.17, 15) is 4.79 Å². The molecule has 0 unspecified atom stereocenters. The highest BCUT2D eigenvalue weighted by Crippen LogP contribution is 2.33. The SMILES string of the molecule is COCCNC(=O)N1CCc2sc(OCCCN3CCCC3)cc2C1. The maximum absolute atomic E-state index is 12.2. The molecule has 1 N–H and O–H groups in total. The zero-order valence-corrected chi connectivity index (χ0v) is 15.9. The van der Waals surface area contributed by atoms with Crippen molar-refractivity contribution in [2.24, 2.45) is 0 Å². The summed E-state index contributed by atoms with van der Waals surface area (Å²) in [6.45, 7) is 6.93. The van der Waals surface area contributed by atoms with E-state index in [0.29, 0.717) is 19.7 Å². The van der Waals surface area contributed by atoms with Gasteiger partial charge in [-0.05, 0) is 50.4 Å². The van der Waals surface area contributed by atoms with Gasteiger partial charge < -0.3 is 24.6 Å². The Labute approximate surface area is 154 Å². The summed E-state index contributed by atoms with van der Waals surface area (Å²) in [4.78, 5) is 17.9. The number of fused-ring (bicyclic) bond motifs is 1. The van der Waals surface area contributed by atoms with E-state index in [1.54, 1.807) is 18.4 Å². The minimum Gasteiger partial charge on any atom is -0.484 e. The molecule has 0 aliphatic carbocycles. The largest absolute Gasteiger partial charge is 0.484 e. The van der Waals surface area contributed by atoms with Crippen LogP contribution in [0.25, 0.3) is 0 Å². The Kier molecular flexibility index (Phi) is 6.95. The fourth-order valence-corrected chi connectivity index (χ4v) is 4.42. The van der Waals surface area contributed by atoms with Gasteiger partial charge in [0.1, 0.15) is 0 Å². The first-order valence-electron chi connectivity index (χ1n) is 9.24. The molecule has 7 heteroatoms. The molecule has 140 valence electrons. The van der Waals surface area contributed by atoms with E-state index < -0.39 is 0 Å². The average Bonchev–Trinajstić information content (AvgIpc) is 3.27. The van der Waals surface area contributed by atoms with Gasteiger partial charge in [0.2, 0.25) is 0 Å². The second-order valence-electron chi connectivity index (χ2n) is 6.66. The maximum atomic E-state index is 12.2. The summed E-state index contributed by atoms with van der Waals surface area (Å²) >= 11 is 1.74. The minimum absolute atomic E-state index is 0.0121. The van der Waals surface area contributed by atoms with Gasteiger partial charge in [0.25, 0.3) is 0 Å². The van der Waals surface area contributed by atoms with Crippen LogP contribution < -0.4 is 10.1 Å². The standard InChI is InChI=1S/C18H29N3O3S/c1-23-12-6-19-18(22)21-10-5-16-15(14-21)13-17(25-16)24-11-4-9-20-7-2-3-8-20/h13H,2-12,14H2,1H3,(H,19,22). The number of hydrogen-bond acceptors (Lipinski definition) is 5. The zero-order valence-electron chi connectivity index (χ0n) is 15.1. The number of ether oxygens (including phenoxy) is 2. The fourth-order valence-electron chi connectivity index (χ4n) is 3.39. The molecule has 2 amide bonds. The van der Waals surface area contributed by atoms with Gasteiger partial charge in [-0.3, -0.25) is 0 Å². The Morgan fingerprint density at radius 1 is 1.28 bits per heavy atom. The highest BCUT2D eigenvalue weighted by Gasteiger charge is 2.23. The van der Waals surface area contributed by atoms with Crippen molar-refractivity contribution in [2.45, 2.75) is 32.2 Å². The molecule has 25 heavy (non-hydrogen) atoms. The second kappa shape index (κ2) is 9.40. The first-order valence-corrected chi connectivity index (χ1v) is 10.1. The number of hydrogen-bond donors (Lipinski definition) is 1. The van der Waals surface area contributed by atoms with Gasteiger partial charge in [0.05, 0.1) is 13.2 Å². The van der Waals surface area contributed by atoms with Crippen LogP contribution in [0.15, 0.2) is 6.07 Å². The van der Waals surface area contributed by atoms with E-state index in [0.717, 1.165) is 37.6 Å². The smallest absolute Gasteiger partial charge is 0.317 e. The number of amides is 2. The van der Waals surface area contributed by atoms with Crippen molar-refractivity contribution in [3.05, 3.63) is 16.5 Å². The van der Waals surface area contributed by atoms with Gasteiger partial charge in [0, 0.05) is 38.2 Å². The van der Waals surface area contributed by atoms with E-state index in [-0.39, 0.29) is 6.03 Å². The summed E-state index contributed by atoms with van der Waals surface area (Å²) in [6, 6.07) is 2.10. The first kappa shape index (κ1) is 18.5. The quantitative estimate of drug-likeness (QED) is 0.717. The van der Waals surface area contributed by atoms with Gasteiger partial charge in [-0.25, -0.2) is 4.79 Å². The van der Waals surface area contributed by atoms with E-state index in [4.69, 9.17) is 9.47 Å². The first-order chi connectivity index (χ1) is 12.3. The topological polar surface area (TPSA) is 54.0 Å². The van der Waals surface area contributed by atoms with Crippen LogP contribution in [0, 0.1) is 0 Å². The van der Waals surface area contributed by atoms with Crippen LogP contribution in [0.5, 0.6) is 5.06 Å². The van der Waals surface area contributed by atoms with Crippen molar-refractivity contribution < 1.29 is 14.3 Å². The Morgan fingerprint density at radius 3 is 2.92 bits per heavy atom.